The summed E-state index contributed by atoms with van der Waals surface area (Å²) in [7, 11) is 2.76. The smallest absolute Gasteiger partial charge is 0.345 e. The van der Waals surface area contributed by atoms with Crippen LogP contribution in [0.15, 0.2) is 24.3 Å². The van der Waals surface area contributed by atoms with Gasteiger partial charge in [-0.2, -0.15) is 0 Å². The van der Waals surface area contributed by atoms with E-state index < -0.39 is 16.6 Å². The Balaban J connectivity index is 2.33. The highest BCUT2D eigenvalue weighted by Crippen LogP contribution is 2.35. The summed E-state index contributed by atoms with van der Waals surface area (Å²) in [5.41, 5.74) is 3.51. The zero-order valence-electron chi connectivity index (χ0n) is 17.9. The van der Waals surface area contributed by atoms with Crippen LogP contribution in [-0.4, -0.2) is 25.1 Å². The van der Waals surface area contributed by atoms with Crippen molar-refractivity contribution in [1.29, 1.82) is 0 Å². The average Bonchev–Trinajstić information content (AvgIpc) is 2.64. The number of nitro benzene ring substituents is 1. The van der Waals surface area contributed by atoms with E-state index in [4.69, 9.17) is 14.2 Å². The normalized spacial score (nSPS) is 11.1. The molecule has 0 radical (unpaired) electrons. The molecular weight excluding hydrogens is 374 g/mol. The molecule has 0 heterocycles. The third-order valence-electron chi connectivity index (χ3n) is 4.83. The molecule has 0 saturated carbocycles. The zero-order valence-corrected chi connectivity index (χ0v) is 17.9. The molecule has 7 heteroatoms. The number of ether oxygens (including phenoxy) is 3. The van der Waals surface area contributed by atoms with E-state index in [1.165, 1.54) is 25.8 Å². The summed E-state index contributed by atoms with van der Waals surface area (Å²) < 4.78 is 15.7. The average molecular weight is 401 g/mol. The minimum absolute atomic E-state index is 0.00495. The van der Waals surface area contributed by atoms with Crippen molar-refractivity contribution in [3.05, 3.63) is 62.2 Å². The van der Waals surface area contributed by atoms with E-state index in [1.807, 2.05) is 13.8 Å². The molecular formula is C22H27NO6. The molecule has 0 atom stereocenters. The first-order valence-corrected chi connectivity index (χ1v) is 9.17. The van der Waals surface area contributed by atoms with Gasteiger partial charge in [-0.05, 0) is 41.5 Å². The van der Waals surface area contributed by atoms with Gasteiger partial charge in [-0.1, -0.05) is 32.9 Å². The molecule has 0 aromatic heterocycles. The van der Waals surface area contributed by atoms with E-state index in [-0.39, 0.29) is 29.1 Å². The maximum absolute atomic E-state index is 12.6. The Morgan fingerprint density at radius 3 is 1.97 bits per heavy atom. The molecule has 2 rings (SSSR count). The van der Waals surface area contributed by atoms with Crippen molar-refractivity contribution >= 4 is 11.7 Å². The van der Waals surface area contributed by atoms with Gasteiger partial charge in [-0.25, -0.2) is 4.79 Å². The summed E-state index contributed by atoms with van der Waals surface area (Å²) in [6.45, 7) is 10.4. The number of hydrogen-bond acceptors (Lipinski definition) is 6. The SMILES string of the molecule is COc1cc(C(=O)OCc2c(C)cc(C(C)(C)C)cc2C)c([N+](=O)[O-])cc1OC. The van der Waals surface area contributed by atoms with Crippen LogP contribution in [0.5, 0.6) is 11.5 Å². The van der Waals surface area contributed by atoms with Gasteiger partial charge in [0.2, 0.25) is 0 Å². The fourth-order valence-corrected chi connectivity index (χ4v) is 3.05. The van der Waals surface area contributed by atoms with Crippen LogP contribution >= 0.6 is 0 Å². The number of nitro groups is 1. The third kappa shape index (κ3) is 4.85. The predicted octanol–water partition coefficient (Wildman–Crippen LogP) is 4.88. The van der Waals surface area contributed by atoms with Crippen LogP contribution in [-0.2, 0) is 16.8 Å². The molecule has 0 unspecified atom stereocenters. The second-order valence-electron chi connectivity index (χ2n) is 7.90. The van der Waals surface area contributed by atoms with Gasteiger partial charge in [0.05, 0.1) is 25.2 Å². The topological polar surface area (TPSA) is 87.9 Å². The fourth-order valence-electron chi connectivity index (χ4n) is 3.05. The predicted molar refractivity (Wildman–Crippen MR) is 110 cm³/mol. The van der Waals surface area contributed by atoms with Crippen molar-refractivity contribution in [2.45, 2.75) is 46.6 Å². The second kappa shape index (κ2) is 8.51. The van der Waals surface area contributed by atoms with Crippen molar-refractivity contribution in [2.75, 3.05) is 14.2 Å². The zero-order chi connectivity index (χ0) is 21.9. The van der Waals surface area contributed by atoms with E-state index in [9.17, 15) is 14.9 Å². The van der Waals surface area contributed by atoms with E-state index in [1.54, 1.807) is 0 Å². The Kier molecular flexibility index (Phi) is 6.51. The highest BCUT2D eigenvalue weighted by molar-refractivity contribution is 5.95. The molecule has 156 valence electrons. The molecule has 2 aromatic carbocycles. The second-order valence-corrected chi connectivity index (χ2v) is 7.90. The van der Waals surface area contributed by atoms with Gasteiger partial charge in [-0.3, -0.25) is 10.1 Å². The quantitative estimate of drug-likeness (QED) is 0.389. The minimum Gasteiger partial charge on any atom is -0.493 e. The lowest BCUT2D eigenvalue weighted by atomic mass is 9.84. The van der Waals surface area contributed by atoms with Crippen LogP contribution in [0.3, 0.4) is 0 Å². The minimum atomic E-state index is -0.795. The molecule has 29 heavy (non-hydrogen) atoms. The van der Waals surface area contributed by atoms with Gasteiger partial charge >= 0.3 is 5.97 Å². The number of aryl methyl sites for hydroxylation is 2. The van der Waals surface area contributed by atoms with Crippen molar-refractivity contribution in [2.24, 2.45) is 0 Å². The number of hydrogen-bond donors (Lipinski definition) is 0. The van der Waals surface area contributed by atoms with Gasteiger partial charge in [-0.15, -0.1) is 0 Å². The standard InChI is InChI=1S/C22H27NO6/c1-13-8-15(22(3,4)5)9-14(2)17(13)12-29-21(24)16-10-19(27-6)20(28-7)11-18(16)23(25)26/h8-11H,12H2,1-7H3. The number of nitrogens with zero attached hydrogens (tertiary/aromatic N) is 1. The Hall–Kier alpha value is -3.09. The molecule has 0 aliphatic carbocycles. The van der Waals surface area contributed by atoms with Crippen molar-refractivity contribution in [1.82, 2.24) is 0 Å². The summed E-state index contributed by atoms with van der Waals surface area (Å²) >= 11 is 0. The number of methoxy groups -OCH3 is 2. The maximum atomic E-state index is 12.6. The van der Waals surface area contributed by atoms with Crippen LogP contribution in [0.1, 0.15) is 53.4 Å². The van der Waals surface area contributed by atoms with Crippen molar-refractivity contribution in [3.8, 4) is 11.5 Å². The van der Waals surface area contributed by atoms with Crippen LogP contribution in [0.25, 0.3) is 0 Å². The lowest BCUT2D eigenvalue weighted by Crippen LogP contribution is -2.14. The van der Waals surface area contributed by atoms with Crippen LogP contribution in [0.4, 0.5) is 5.69 Å². The largest absolute Gasteiger partial charge is 0.493 e. The monoisotopic (exact) mass is 401 g/mol. The van der Waals surface area contributed by atoms with Crippen molar-refractivity contribution < 1.29 is 23.9 Å². The van der Waals surface area contributed by atoms with Crippen LogP contribution in [0.2, 0.25) is 0 Å². The summed E-state index contributed by atoms with van der Waals surface area (Å²) in [5.74, 6) is -0.413. The van der Waals surface area contributed by atoms with Gasteiger partial charge in [0, 0.05) is 6.07 Å². The number of benzene rings is 2. The molecule has 0 amide bonds. The first kappa shape index (κ1) is 22.2. The van der Waals surface area contributed by atoms with E-state index in [2.05, 4.69) is 32.9 Å². The third-order valence-corrected chi connectivity index (χ3v) is 4.83. The molecule has 0 aliphatic rings. The lowest BCUT2D eigenvalue weighted by molar-refractivity contribution is -0.385. The highest BCUT2D eigenvalue weighted by Gasteiger charge is 2.26. The van der Waals surface area contributed by atoms with Gasteiger partial charge in [0.25, 0.3) is 5.69 Å². The number of carbonyl (C=O) groups is 1. The molecule has 0 aliphatic heterocycles. The van der Waals surface area contributed by atoms with Crippen molar-refractivity contribution in [3.63, 3.8) is 0 Å². The molecule has 2 aromatic rings. The summed E-state index contributed by atoms with van der Waals surface area (Å²) in [5, 5.41) is 11.4. The Morgan fingerprint density at radius 2 is 1.52 bits per heavy atom. The molecule has 0 bridgehead atoms. The van der Waals surface area contributed by atoms with E-state index >= 15 is 0 Å². The van der Waals surface area contributed by atoms with Gasteiger partial charge in [0.1, 0.15) is 12.2 Å². The Labute approximate surface area is 170 Å². The lowest BCUT2D eigenvalue weighted by Gasteiger charge is -2.22. The first-order valence-electron chi connectivity index (χ1n) is 9.17. The maximum Gasteiger partial charge on any atom is 0.345 e. The molecule has 0 spiro atoms. The first-order chi connectivity index (χ1) is 13.5. The van der Waals surface area contributed by atoms with E-state index in [0.29, 0.717) is 0 Å². The summed E-state index contributed by atoms with van der Waals surface area (Å²) in [6, 6.07) is 6.58. The molecule has 0 fully saturated rings. The summed E-state index contributed by atoms with van der Waals surface area (Å²) in [6.07, 6.45) is 0. The number of rotatable bonds is 6. The fraction of sp³-hybridized carbons (Fsp3) is 0.409. The number of esters is 1. The van der Waals surface area contributed by atoms with Gasteiger partial charge in [0.15, 0.2) is 11.5 Å². The molecule has 0 N–H and O–H groups in total. The Bertz CT molecular complexity index is 920. The van der Waals surface area contributed by atoms with Gasteiger partial charge < -0.3 is 14.2 Å². The number of carbonyl (C=O) groups excluding carboxylic acids is 1. The highest BCUT2D eigenvalue weighted by atomic mass is 16.6. The molecule has 0 saturated heterocycles. The van der Waals surface area contributed by atoms with Crippen LogP contribution in [0, 0.1) is 24.0 Å². The molecule has 7 nitrogen and oxygen atoms in total. The Morgan fingerprint density at radius 1 is 1.00 bits per heavy atom. The van der Waals surface area contributed by atoms with E-state index in [0.717, 1.165) is 22.8 Å². The van der Waals surface area contributed by atoms with Crippen LogP contribution < -0.4 is 9.47 Å². The summed E-state index contributed by atoms with van der Waals surface area (Å²) in [4.78, 5) is 23.4.